The van der Waals surface area contributed by atoms with Crippen LogP contribution in [0, 0.1) is 6.92 Å². The number of pyridine rings is 1. The van der Waals surface area contributed by atoms with E-state index in [1.54, 1.807) is 7.11 Å². The molecule has 0 aliphatic heterocycles. The van der Waals surface area contributed by atoms with Crippen molar-refractivity contribution < 1.29 is 4.74 Å². The number of rotatable bonds is 2. The molecule has 2 aromatic rings. The molecule has 1 aromatic carbocycles. The molecule has 0 saturated heterocycles. The summed E-state index contributed by atoms with van der Waals surface area (Å²) in [5.74, 6) is 0.862. The zero-order chi connectivity index (χ0) is 10.8. The van der Waals surface area contributed by atoms with Gasteiger partial charge >= 0.3 is 0 Å². The van der Waals surface area contributed by atoms with E-state index in [1.807, 2.05) is 31.2 Å². The smallest absolute Gasteiger partial charge is 0.128 e. The van der Waals surface area contributed by atoms with Crippen LogP contribution in [0.1, 0.15) is 11.3 Å². The van der Waals surface area contributed by atoms with Crippen molar-refractivity contribution in [1.29, 1.82) is 0 Å². The second-order valence-electron chi connectivity index (χ2n) is 3.49. The van der Waals surface area contributed by atoms with Crippen LogP contribution in [0.5, 0.6) is 5.75 Å². The van der Waals surface area contributed by atoms with Crippen LogP contribution in [-0.2, 0) is 6.54 Å². The average molecular weight is 202 g/mol. The lowest BCUT2D eigenvalue weighted by atomic mass is 10.1. The molecule has 0 atom stereocenters. The van der Waals surface area contributed by atoms with E-state index in [4.69, 9.17) is 10.5 Å². The number of hydrogen-bond acceptors (Lipinski definition) is 3. The number of fused-ring (bicyclic) bond motifs is 1. The van der Waals surface area contributed by atoms with Crippen LogP contribution < -0.4 is 10.5 Å². The van der Waals surface area contributed by atoms with E-state index in [1.165, 1.54) is 0 Å². The normalized spacial score (nSPS) is 10.6. The Labute approximate surface area is 88.9 Å². The topological polar surface area (TPSA) is 48.1 Å². The first-order valence-corrected chi connectivity index (χ1v) is 4.89. The lowest BCUT2D eigenvalue weighted by Gasteiger charge is -2.09. The van der Waals surface area contributed by atoms with Gasteiger partial charge in [0.05, 0.1) is 18.3 Å². The van der Waals surface area contributed by atoms with Gasteiger partial charge < -0.3 is 10.5 Å². The van der Waals surface area contributed by atoms with Gasteiger partial charge in [0.1, 0.15) is 5.75 Å². The molecule has 15 heavy (non-hydrogen) atoms. The summed E-state index contributed by atoms with van der Waals surface area (Å²) < 4.78 is 5.31. The molecule has 0 radical (unpaired) electrons. The van der Waals surface area contributed by atoms with Gasteiger partial charge in [-0.1, -0.05) is 6.07 Å². The lowest BCUT2D eigenvalue weighted by molar-refractivity contribution is 0.419. The van der Waals surface area contributed by atoms with Gasteiger partial charge in [0.2, 0.25) is 0 Å². The molecule has 0 unspecified atom stereocenters. The molecule has 0 spiro atoms. The Morgan fingerprint density at radius 1 is 1.40 bits per heavy atom. The highest BCUT2D eigenvalue weighted by atomic mass is 16.5. The maximum absolute atomic E-state index is 5.59. The fourth-order valence-electron chi connectivity index (χ4n) is 1.79. The molecule has 3 heteroatoms. The van der Waals surface area contributed by atoms with Crippen LogP contribution in [0.15, 0.2) is 24.3 Å². The first kappa shape index (κ1) is 9.93. The van der Waals surface area contributed by atoms with Gasteiger partial charge in [-0.25, -0.2) is 0 Å². The van der Waals surface area contributed by atoms with E-state index in [2.05, 4.69) is 4.98 Å². The van der Waals surface area contributed by atoms with Gasteiger partial charge in [0.25, 0.3) is 0 Å². The van der Waals surface area contributed by atoms with Gasteiger partial charge in [-0.15, -0.1) is 0 Å². The van der Waals surface area contributed by atoms with Crippen molar-refractivity contribution in [2.45, 2.75) is 13.5 Å². The van der Waals surface area contributed by atoms with Crippen LogP contribution in [0.4, 0.5) is 0 Å². The minimum atomic E-state index is 0.466. The standard InChI is InChI=1S/C12H14N2O/c1-8-6-9(7-13)14-10-4-3-5-11(15-2)12(8)10/h3-6H,7,13H2,1-2H3. The highest BCUT2D eigenvalue weighted by Gasteiger charge is 2.06. The van der Waals surface area contributed by atoms with Gasteiger partial charge in [-0.05, 0) is 30.7 Å². The number of aryl methyl sites for hydroxylation is 1. The van der Waals surface area contributed by atoms with E-state index < -0.39 is 0 Å². The Morgan fingerprint density at radius 3 is 2.87 bits per heavy atom. The second-order valence-corrected chi connectivity index (χ2v) is 3.49. The number of hydrogen-bond donors (Lipinski definition) is 1. The SMILES string of the molecule is COc1cccc2nc(CN)cc(C)c12. The van der Waals surface area contributed by atoms with Crippen LogP contribution in [-0.4, -0.2) is 12.1 Å². The van der Waals surface area contributed by atoms with Crippen molar-refractivity contribution in [2.24, 2.45) is 5.73 Å². The average Bonchev–Trinajstić information content (AvgIpc) is 2.27. The fourth-order valence-corrected chi connectivity index (χ4v) is 1.79. The first-order valence-electron chi connectivity index (χ1n) is 4.89. The Hall–Kier alpha value is -1.61. The molecule has 0 amide bonds. The number of benzene rings is 1. The maximum Gasteiger partial charge on any atom is 0.128 e. The van der Waals surface area contributed by atoms with Crippen molar-refractivity contribution in [3.05, 3.63) is 35.5 Å². The molecule has 0 saturated carbocycles. The third-order valence-electron chi connectivity index (χ3n) is 2.47. The number of aromatic nitrogens is 1. The summed E-state index contributed by atoms with van der Waals surface area (Å²) in [6.45, 7) is 2.51. The van der Waals surface area contributed by atoms with Gasteiger partial charge in [-0.2, -0.15) is 0 Å². The summed E-state index contributed by atoms with van der Waals surface area (Å²) in [6.07, 6.45) is 0. The molecule has 2 N–H and O–H groups in total. The van der Waals surface area contributed by atoms with Crippen molar-refractivity contribution in [3.63, 3.8) is 0 Å². The van der Waals surface area contributed by atoms with Crippen LogP contribution in [0.2, 0.25) is 0 Å². The van der Waals surface area contributed by atoms with Crippen molar-refractivity contribution in [1.82, 2.24) is 4.98 Å². The van der Waals surface area contributed by atoms with E-state index in [0.717, 1.165) is 27.9 Å². The molecule has 78 valence electrons. The first-order chi connectivity index (χ1) is 7.26. The van der Waals surface area contributed by atoms with E-state index >= 15 is 0 Å². The number of nitrogens with two attached hydrogens (primary N) is 1. The van der Waals surface area contributed by atoms with Crippen LogP contribution >= 0.6 is 0 Å². The predicted molar refractivity (Wildman–Crippen MR) is 60.9 cm³/mol. The molecule has 1 heterocycles. The molecule has 0 fully saturated rings. The second kappa shape index (κ2) is 3.87. The van der Waals surface area contributed by atoms with Crippen molar-refractivity contribution in [2.75, 3.05) is 7.11 Å². The molecule has 3 nitrogen and oxygen atoms in total. The summed E-state index contributed by atoms with van der Waals surface area (Å²) in [7, 11) is 1.67. The van der Waals surface area contributed by atoms with Crippen LogP contribution in [0.3, 0.4) is 0 Å². The lowest BCUT2D eigenvalue weighted by Crippen LogP contribution is -2.01. The van der Waals surface area contributed by atoms with Gasteiger partial charge in [0, 0.05) is 11.9 Å². The molecule has 2 rings (SSSR count). The summed E-state index contributed by atoms with van der Waals surface area (Å²) in [4.78, 5) is 4.46. The van der Waals surface area contributed by atoms with Crippen molar-refractivity contribution >= 4 is 10.9 Å². The highest BCUT2D eigenvalue weighted by Crippen LogP contribution is 2.27. The molecule has 0 aliphatic carbocycles. The summed E-state index contributed by atoms with van der Waals surface area (Å²) in [6, 6.07) is 7.86. The quantitative estimate of drug-likeness (QED) is 0.810. The Morgan fingerprint density at radius 2 is 2.20 bits per heavy atom. The van der Waals surface area contributed by atoms with E-state index in [0.29, 0.717) is 6.54 Å². The van der Waals surface area contributed by atoms with E-state index in [9.17, 15) is 0 Å². The fraction of sp³-hybridized carbons (Fsp3) is 0.250. The minimum Gasteiger partial charge on any atom is -0.496 e. The maximum atomic E-state index is 5.59. The Kier molecular flexibility index (Phi) is 2.56. The number of nitrogens with zero attached hydrogens (tertiary/aromatic N) is 1. The van der Waals surface area contributed by atoms with Crippen molar-refractivity contribution in [3.8, 4) is 5.75 Å². The molecular weight excluding hydrogens is 188 g/mol. The zero-order valence-electron chi connectivity index (χ0n) is 8.95. The largest absolute Gasteiger partial charge is 0.496 e. The molecule has 0 bridgehead atoms. The molecule has 1 aromatic heterocycles. The molecular formula is C12H14N2O. The predicted octanol–water partition coefficient (Wildman–Crippen LogP) is 2.01. The summed E-state index contributed by atoms with van der Waals surface area (Å²) in [5.41, 5.74) is 8.59. The van der Waals surface area contributed by atoms with Gasteiger partial charge in [0.15, 0.2) is 0 Å². The minimum absolute atomic E-state index is 0.466. The Bertz CT molecular complexity index is 494. The van der Waals surface area contributed by atoms with Gasteiger partial charge in [-0.3, -0.25) is 4.98 Å². The Balaban J connectivity index is 2.78. The summed E-state index contributed by atoms with van der Waals surface area (Å²) in [5, 5.41) is 1.07. The highest BCUT2D eigenvalue weighted by molar-refractivity contribution is 5.88. The monoisotopic (exact) mass is 202 g/mol. The number of ether oxygens (including phenoxy) is 1. The third kappa shape index (κ3) is 1.66. The zero-order valence-corrected chi connectivity index (χ0v) is 8.95. The summed E-state index contributed by atoms with van der Waals surface area (Å²) >= 11 is 0. The van der Waals surface area contributed by atoms with E-state index in [-0.39, 0.29) is 0 Å². The van der Waals surface area contributed by atoms with Crippen LogP contribution in [0.25, 0.3) is 10.9 Å². The molecule has 0 aliphatic rings. The number of methoxy groups -OCH3 is 1. The third-order valence-corrected chi connectivity index (χ3v) is 2.47.